The molecule has 9 heteroatoms. The number of fused-ring (bicyclic) bond motifs is 2. The zero-order valence-corrected chi connectivity index (χ0v) is 22.3. The summed E-state index contributed by atoms with van der Waals surface area (Å²) in [5.41, 5.74) is 5.71. The Bertz CT molecular complexity index is 1290. The second-order valence-electron chi connectivity index (χ2n) is 9.25. The van der Waals surface area contributed by atoms with Crippen LogP contribution in [-0.4, -0.2) is 64.8 Å². The van der Waals surface area contributed by atoms with E-state index in [2.05, 4.69) is 66.2 Å². The largest absolute Gasteiger partial charge is 0.500 e. The van der Waals surface area contributed by atoms with E-state index in [1.165, 1.54) is 23.6 Å². The number of hydrogen-bond acceptors (Lipinski definition) is 4. The number of carbonyl (C=O) groups excluding carboxylic acids is 2. The van der Waals surface area contributed by atoms with Crippen LogP contribution in [0.5, 0.6) is 0 Å². The quantitative estimate of drug-likeness (QED) is 0.342. The minimum atomic E-state index is -0.120. The van der Waals surface area contributed by atoms with Crippen LogP contribution in [-0.2, 0) is 11.3 Å². The number of urea groups is 2. The van der Waals surface area contributed by atoms with Crippen molar-refractivity contribution in [3.05, 3.63) is 71.6 Å². The molecule has 1 saturated heterocycles. The number of terminal acetylenes is 1. The van der Waals surface area contributed by atoms with Crippen LogP contribution < -0.4 is 10.6 Å². The van der Waals surface area contributed by atoms with Gasteiger partial charge in [0, 0.05) is 36.7 Å². The molecule has 3 N–H and O–H groups in total. The Kier molecular flexibility index (Phi) is 9.77. The number of carbonyl (C=O) groups is 2. The van der Waals surface area contributed by atoms with Crippen molar-refractivity contribution in [3.63, 3.8) is 0 Å². The lowest BCUT2D eigenvalue weighted by Crippen LogP contribution is -2.52. The minimum Gasteiger partial charge on any atom is -0.500 e. The molecule has 5 rings (SSSR count). The van der Waals surface area contributed by atoms with Gasteiger partial charge in [-0.2, -0.15) is 5.10 Å². The summed E-state index contributed by atoms with van der Waals surface area (Å²) in [4.78, 5) is 28.2. The first-order valence-electron chi connectivity index (χ1n) is 12.5. The summed E-state index contributed by atoms with van der Waals surface area (Å²) in [6, 6.07) is 12.1. The van der Waals surface area contributed by atoms with Crippen LogP contribution in [0.4, 0.5) is 15.3 Å². The monoisotopic (exact) mass is 516 g/mol. The number of piperidine rings is 1. The summed E-state index contributed by atoms with van der Waals surface area (Å²) in [6.07, 6.45) is 11.4. The lowest BCUT2D eigenvalue weighted by Gasteiger charge is -2.40. The molecule has 200 valence electrons. The van der Waals surface area contributed by atoms with Gasteiger partial charge in [-0.1, -0.05) is 36.4 Å². The molecule has 0 saturated carbocycles. The number of likely N-dealkylation sites (tertiary alicyclic amines) is 1. The van der Waals surface area contributed by atoms with Crippen molar-refractivity contribution in [2.75, 3.05) is 32.1 Å². The van der Waals surface area contributed by atoms with E-state index in [0.717, 1.165) is 29.6 Å². The Morgan fingerprint density at radius 3 is 2.63 bits per heavy atom. The number of methoxy groups -OCH3 is 1. The Morgan fingerprint density at radius 2 is 1.92 bits per heavy atom. The number of hydrogen-bond donors (Lipinski definition) is 3. The van der Waals surface area contributed by atoms with Crippen LogP contribution in [0.3, 0.4) is 0 Å². The fourth-order valence-electron chi connectivity index (χ4n) is 4.68. The van der Waals surface area contributed by atoms with E-state index in [4.69, 9.17) is 4.74 Å². The topological polar surface area (TPSA) is 103 Å². The van der Waals surface area contributed by atoms with Gasteiger partial charge in [0.15, 0.2) is 0 Å². The number of rotatable bonds is 4. The first kappa shape index (κ1) is 28.1. The smallest absolute Gasteiger partial charge is 0.322 e. The van der Waals surface area contributed by atoms with Crippen molar-refractivity contribution in [2.24, 2.45) is 0 Å². The molecule has 3 heterocycles. The average Bonchev–Trinajstić information content (AvgIpc) is 3.42. The molecule has 2 aliphatic heterocycles. The molecule has 9 nitrogen and oxygen atoms in total. The molecule has 4 amide bonds. The highest BCUT2D eigenvalue weighted by Gasteiger charge is 2.32. The first-order valence-corrected chi connectivity index (χ1v) is 12.5. The number of ether oxygens (including phenoxy) is 1. The molecule has 0 radical (unpaired) electrons. The minimum absolute atomic E-state index is 0.0574. The van der Waals surface area contributed by atoms with E-state index >= 15 is 0 Å². The van der Waals surface area contributed by atoms with E-state index in [1.807, 2.05) is 35.4 Å². The third-order valence-electron chi connectivity index (χ3n) is 6.67. The van der Waals surface area contributed by atoms with Crippen LogP contribution in [0.1, 0.15) is 29.5 Å². The van der Waals surface area contributed by atoms with Gasteiger partial charge in [0.25, 0.3) is 0 Å². The average molecular weight is 517 g/mol. The molecule has 0 bridgehead atoms. The van der Waals surface area contributed by atoms with Crippen molar-refractivity contribution in [2.45, 2.75) is 39.3 Å². The number of H-pyrrole nitrogens is 1. The molecule has 0 atom stereocenters. The van der Waals surface area contributed by atoms with Crippen molar-refractivity contribution >= 4 is 28.7 Å². The number of aromatic nitrogens is 2. The van der Waals surface area contributed by atoms with E-state index in [0.29, 0.717) is 31.9 Å². The number of anilines is 1. The Labute approximate surface area is 224 Å². The molecular formula is C29H36N6O3. The molecular weight excluding hydrogens is 480 g/mol. The molecule has 1 fully saturated rings. The van der Waals surface area contributed by atoms with Crippen LogP contribution in [0, 0.1) is 26.7 Å². The van der Waals surface area contributed by atoms with Gasteiger partial charge in [0.05, 0.1) is 25.4 Å². The van der Waals surface area contributed by atoms with Gasteiger partial charge in [0.1, 0.15) is 5.76 Å². The molecule has 2 aromatic carbocycles. The number of nitrogens with zero attached hydrogens (tertiary/aromatic N) is 3. The highest BCUT2D eigenvalue weighted by molar-refractivity contribution is 5.92. The van der Waals surface area contributed by atoms with E-state index in [-0.39, 0.29) is 18.1 Å². The predicted octanol–water partition coefficient (Wildman–Crippen LogP) is 4.80. The fourth-order valence-corrected chi connectivity index (χ4v) is 4.68. The van der Waals surface area contributed by atoms with Gasteiger partial charge in [-0.25, -0.2) is 9.59 Å². The van der Waals surface area contributed by atoms with Crippen molar-refractivity contribution in [1.29, 1.82) is 0 Å². The number of benzene rings is 2. The van der Waals surface area contributed by atoms with Gasteiger partial charge in [-0.3, -0.25) is 5.10 Å². The van der Waals surface area contributed by atoms with E-state index in [1.54, 1.807) is 4.90 Å². The van der Waals surface area contributed by atoms with E-state index < -0.39 is 0 Å². The summed E-state index contributed by atoms with van der Waals surface area (Å²) in [6.45, 7) is 10.0. The maximum atomic E-state index is 12.4. The van der Waals surface area contributed by atoms with E-state index in [9.17, 15) is 9.59 Å². The molecule has 38 heavy (non-hydrogen) atoms. The molecule has 0 unspecified atom stereocenters. The lowest BCUT2D eigenvalue weighted by atomic mass is 10.0. The highest BCUT2D eigenvalue weighted by Crippen LogP contribution is 2.27. The second-order valence-corrected chi connectivity index (χ2v) is 9.25. The van der Waals surface area contributed by atoms with Crippen molar-refractivity contribution < 1.29 is 14.3 Å². The maximum absolute atomic E-state index is 12.4. The Balaban J connectivity index is 0.000000255. The number of aryl methyl sites for hydroxylation is 2. The summed E-state index contributed by atoms with van der Waals surface area (Å²) in [7, 11) is 1.53. The Hall–Kier alpha value is -4.45. The van der Waals surface area contributed by atoms with Crippen LogP contribution in [0.15, 0.2) is 54.9 Å². The summed E-state index contributed by atoms with van der Waals surface area (Å²) >= 11 is 0. The fraction of sp³-hybridized carbons (Fsp3) is 0.345. The van der Waals surface area contributed by atoms with Crippen molar-refractivity contribution in [3.8, 4) is 12.8 Å². The normalized spacial score (nSPS) is 14.7. The number of nitrogens with one attached hydrogen (secondary N) is 3. The maximum Gasteiger partial charge on any atom is 0.322 e. The first-order chi connectivity index (χ1) is 18.4. The summed E-state index contributed by atoms with van der Waals surface area (Å²) in [5, 5.41) is 13.9. The van der Waals surface area contributed by atoms with Crippen molar-refractivity contribution in [1.82, 2.24) is 25.3 Å². The van der Waals surface area contributed by atoms with Gasteiger partial charge >= 0.3 is 12.1 Å². The number of amides is 4. The van der Waals surface area contributed by atoms with Crippen LogP contribution in [0.25, 0.3) is 10.9 Å². The highest BCUT2D eigenvalue weighted by atomic mass is 16.5. The molecule has 3 aromatic rings. The molecule has 0 spiro atoms. The SMILES string of the molecule is C#C.C=C(CNC(=O)N1CCC(N2Cc3ccccc3NC2=O)CC1)OC.Cc1cc(C)c2[nH]ncc2c1. The third-order valence-corrected chi connectivity index (χ3v) is 6.67. The molecule has 2 aliphatic rings. The molecule has 0 aliphatic carbocycles. The standard InChI is InChI=1S/C18H24N4O3.C9H10N2.C2H2/c1-13(25-2)11-19-17(23)21-9-7-15(8-10-21)22-12-14-5-3-4-6-16(14)20-18(22)24;1-6-3-7(2)9-8(4-6)5-10-11-9;1-2/h3-6,15H,1,7-12H2,2H3,(H,19,23)(H,20,24);3-5H,1-2H3,(H,10,11);1-2H. The zero-order valence-electron chi connectivity index (χ0n) is 22.3. The van der Waals surface area contributed by atoms with Crippen LogP contribution in [0.2, 0.25) is 0 Å². The van der Waals surface area contributed by atoms with Gasteiger partial charge in [-0.15, -0.1) is 12.8 Å². The summed E-state index contributed by atoms with van der Waals surface area (Å²) < 4.78 is 4.95. The Morgan fingerprint density at radius 1 is 1.21 bits per heavy atom. The predicted molar refractivity (Wildman–Crippen MR) is 151 cm³/mol. The van der Waals surface area contributed by atoms with Gasteiger partial charge < -0.3 is 25.2 Å². The lowest BCUT2D eigenvalue weighted by molar-refractivity contribution is 0.128. The van der Waals surface area contributed by atoms with Gasteiger partial charge in [-0.05, 0) is 49.9 Å². The number of aromatic amines is 1. The molecule has 1 aromatic heterocycles. The second kappa shape index (κ2) is 13.2. The van der Waals surface area contributed by atoms with Gasteiger partial charge in [0.2, 0.25) is 0 Å². The number of para-hydroxylation sites is 1. The summed E-state index contributed by atoms with van der Waals surface area (Å²) in [5.74, 6) is 0.520. The third kappa shape index (κ3) is 6.85. The zero-order chi connectivity index (χ0) is 27.7. The van der Waals surface area contributed by atoms with Crippen LogP contribution >= 0.6 is 0 Å².